The Bertz CT molecular complexity index is 543. The van der Waals surface area contributed by atoms with Crippen LogP contribution < -0.4 is 0 Å². The van der Waals surface area contributed by atoms with Crippen molar-refractivity contribution in [3.05, 3.63) is 34.9 Å². The predicted molar refractivity (Wildman–Crippen MR) is 96.8 cm³/mol. The van der Waals surface area contributed by atoms with Crippen LogP contribution in [-0.2, 0) is 4.79 Å². The lowest BCUT2D eigenvalue weighted by Gasteiger charge is -2.37. The molecule has 1 aliphatic heterocycles. The van der Waals surface area contributed by atoms with Crippen molar-refractivity contribution in [3.8, 4) is 0 Å². The summed E-state index contributed by atoms with van der Waals surface area (Å²) in [7, 11) is 0. The van der Waals surface area contributed by atoms with Crippen molar-refractivity contribution >= 4 is 17.5 Å². The molecule has 1 atom stereocenters. The van der Waals surface area contributed by atoms with E-state index in [1.807, 2.05) is 29.2 Å². The van der Waals surface area contributed by atoms with Crippen molar-refractivity contribution in [1.82, 2.24) is 4.90 Å². The summed E-state index contributed by atoms with van der Waals surface area (Å²) in [5.41, 5.74) is 0.922. The van der Waals surface area contributed by atoms with Gasteiger partial charge >= 0.3 is 0 Å². The van der Waals surface area contributed by atoms with Crippen molar-refractivity contribution in [2.45, 2.75) is 51.6 Å². The number of aliphatic hydroxyl groups is 1. The average Bonchev–Trinajstić information content (AvgIpc) is 2.62. The lowest BCUT2D eigenvalue weighted by molar-refractivity contribution is -0.138. The van der Waals surface area contributed by atoms with Gasteiger partial charge in [-0.3, -0.25) is 4.79 Å². The van der Waals surface area contributed by atoms with E-state index in [1.54, 1.807) is 0 Å². The molecule has 1 N–H and O–H groups in total. The molecule has 0 spiro atoms. The van der Waals surface area contributed by atoms with Crippen LogP contribution in [0.1, 0.15) is 57.1 Å². The number of likely N-dealkylation sites (tertiary alicyclic amines) is 1. The monoisotopic (exact) mass is 349 g/mol. The molecule has 1 heterocycles. The normalized spacial score (nSPS) is 27.0. The SMILES string of the molecule is CC1CCC(C(=O)N2CCC(C(O)c3ccc(Cl)cc3)CC2)CC1. The van der Waals surface area contributed by atoms with Crippen LogP contribution in [0.3, 0.4) is 0 Å². The molecule has 3 nitrogen and oxygen atoms in total. The second-order valence-electron chi connectivity index (χ2n) is 7.62. The summed E-state index contributed by atoms with van der Waals surface area (Å²) in [4.78, 5) is 14.7. The van der Waals surface area contributed by atoms with Gasteiger partial charge in [-0.25, -0.2) is 0 Å². The molecule has 0 bridgehead atoms. The van der Waals surface area contributed by atoms with Gasteiger partial charge in [-0.2, -0.15) is 0 Å². The third kappa shape index (κ3) is 4.12. The molecule has 2 fully saturated rings. The van der Waals surface area contributed by atoms with Crippen LogP contribution >= 0.6 is 11.6 Å². The van der Waals surface area contributed by atoms with Gasteiger partial charge in [0.25, 0.3) is 0 Å². The van der Waals surface area contributed by atoms with E-state index in [-0.39, 0.29) is 11.8 Å². The minimum absolute atomic E-state index is 0.224. The third-order valence-electron chi connectivity index (χ3n) is 5.87. The molecule has 24 heavy (non-hydrogen) atoms. The number of aliphatic hydroxyl groups excluding tert-OH is 1. The topological polar surface area (TPSA) is 40.5 Å². The Balaban J connectivity index is 1.51. The Morgan fingerprint density at radius 2 is 1.67 bits per heavy atom. The minimum Gasteiger partial charge on any atom is -0.388 e. The lowest BCUT2D eigenvalue weighted by Crippen LogP contribution is -2.43. The van der Waals surface area contributed by atoms with Gasteiger partial charge in [0.1, 0.15) is 0 Å². The minimum atomic E-state index is -0.463. The van der Waals surface area contributed by atoms with Gasteiger partial charge in [-0.05, 0) is 68.1 Å². The fourth-order valence-corrected chi connectivity index (χ4v) is 4.26. The number of halogens is 1. The highest BCUT2D eigenvalue weighted by atomic mass is 35.5. The zero-order chi connectivity index (χ0) is 17.1. The van der Waals surface area contributed by atoms with Gasteiger partial charge in [0.2, 0.25) is 5.91 Å². The summed E-state index contributed by atoms with van der Waals surface area (Å²) in [6, 6.07) is 7.44. The maximum atomic E-state index is 12.7. The summed E-state index contributed by atoms with van der Waals surface area (Å²) in [5, 5.41) is 11.3. The molecule has 0 aromatic heterocycles. The van der Waals surface area contributed by atoms with Crippen LogP contribution in [0.25, 0.3) is 0 Å². The molecule has 1 amide bonds. The van der Waals surface area contributed by atoms with E-state index in [2.05, 4.69) is 6.92 Å². The summed E-state index contributed by atoms with van der Waals surface area (Å²) < 4.78 is 0. The van der Waals surface area contributed by atoms with Gasteiger partial charge in [-0.1, -0.05) is 30.7 Å². The number of nitrogens with zero attached hydrogens (tertiary/aromatic N) is 1. The first-order valence-electron chi connectivity index (χ1n) is 9.27. The maximum absolute atomic E-state index is 12.7. The van der Waals surface area contributed by atoms with Crippen molar-refractivity contribution in [2.75, 3.05) is 13.1 Å². The van der Waals surface area contributed by atoms with Crippen molar-refractivity contribution in [2.24, 2.45) is 17.8 Å². The zero-order valence-corrected chi connectivity index (χ0v) is 15.2. The highest BCUT2D eigenvalue weighted by Gasteiger charge is 2.32. The third-order valence-corrected chi connectivity index (χ3v) is 6.13. The van der Waals surface area contributed by atoms with E-state index in [9.17, 15) is 9.90 Å². The molecule has 0 radical (unpaired) electrons. The van der Waals surface area contributed by atoms with E-state index in [1.165, 1.54) is 12.8 Å². The maximum Gasteiger partial charge on any atom is 0.225 e. The van der Waals surface area contributed by atoms with Gasteiger partial charge in [0, 0.05) is 24.0 Å². The smallest absolute Gasteiger partial charge is 0.225 e. The number of hydrogen-bond donors (Lipinski definition) is 1. The van der Waals surface area contributed by atoms with E-state index in [4.69, 9.17) is 11.6 Å². The van der Waals surface area contributed by atoms with Crippen LogP contribution in [0, 0.1) is 17.8 Å². The first kappa shape index (κ1) is 17.8. The summed E-state index contributed by atoms with van der Waals surface area (Å²) in [6.07, 6.45) is 5.75. The summed E-state index contributed by atoms with van der Waals surface area (Å²) >= 11 is 5.91. The van der Waals surface area contributed by atoms with Crippen LogP contribution in [0.2, 0.25) is 5.02 Å². The largest absolute Gasteiger partial charge is 0.388 e. The van der Waals surface area contributed by atoms with Gasteiger partial charge in [0.15, 0.2) is 0 Å². The Hall–Kier alpha value is -1.06. The molecular weight excluding hydrogens is 322 g/mol. The molecule has 1 aliphatic carbocycles. The van der Waals surface area contributed by atoms with E-state index < -0.39 is 6.10 Å². The molecule has 4 heteroatoms. The number of benzene rings is 1. The molecule has 1 aromatic rings. The Morgan fingerprint density at radius 1 is 1.08 bits per heavy atom. The second-order valence-corrected chi connectivity index (χ2v) is 8.05. The molecule has 132 valence electrons. The molecule has 1 saturated carbocycles. The van der Waals surface area contributed by atoms with Crippen LogP contribution in [0.15, 0.2) is 24.3 Å². The summed E-state index contributed by atoms with van der Waals surface area (Å²) in [6.45, 7) is 3.84. The number of carbonyl (C=O) groups excluding carboxylic acids is 1. The molecule has 3 rings (SSSR count). The van der Waals surface area contributed by atoms with Crippen molar-refractivity contribution < 1.29 is 9.90 Å². The molecular formula is C20H28ClNO2. The molecule has 1 aromatic carbocycles. The van der Waals surface area contributed by atoms with Gasteiger partial charge in [-0.15, -0.1) is 0 Å². The predicted octanol–water partition coefficient (Wildman–Crippen LogP) is 4.44. The fourth-order valence-electron chi connectivity index (χ4n) is 4.13. The second kappa shape index (κ2) is 7.88. The number of carbonyl (C=O) groups is 1. The number of piperidine rings is 1. The molecule has 1 saturated heterocycles. The number of amides is 1. The van der Waals surface area contributed by atoms with Crippen LogP contribution in [0.5, 0.6) is 0 Å². The Labute approximate surface area is 150 Å². The number of rotatable bonds is 3. The highest BCUT2D eigenvalue weighted by Crippen LogP contribution is 2.34. The first-order chi connectivity index (χ1) is 11.5. The van der Waals surface area contributed by atoms with Crippen LogP contribution in [0.4, 0.5) is 0 Å². The van der Waals surface area contributed by atoms with E-state index in [0.29, 0.717) is 10.9 Å². The van der Waals surface area contributed by atoms with Crippen LogP contribution in [-0.4, -0.2) is 29.0 Å². The highest BCUT2D eigenvalue weighted by molar-refractivity contribution is 6.30. The standard InChI is InChI=1S/C20H28ClNO2/c1-14-2-4-17(5-3-14)20(24)22-12-10-16(11-13-22)19(23)15-6-8-18(21)9-7-15/h6-9,14,16-17,19,23H,2-5,10-13H2,1H3. The Kier molecular flexibility index (Phi) is 5.83. The summed E-state index contributed by atoms with van der Waals surface area (Å²) in [5.74, 6) is 1.58. The molecule has 1 unspecified atom stereocenters. The number of hydrogen-bond acceptors (Lipinski definition) is 2. The van der Waals surface area contributed by atoms with Crippen molar-refractivity contribution in [1.29, 1.82) is 0 Å². The van der Waals surface area contributed by atoms with Gasteiger partial charge < -0.3 is 10.0 Å². The lowest BCUT2D eigenvalue weighted by atomic mass is 9.81. The average molecular weight is 350 g/mol. The van der Waals surface area contributed by atoms with Gasteiger partial charge in [0.05, 0.1) is 6.10 Å². The van der Waals surface area contributed by atoms with E-state index in [0.717, 1.165) is 50.3 Å². The quantitative estimate of drug-likeness (QED) is 0.876. The van der Waals surface area contributed by atoms with E-state index >= 15 is 0 Å². The zero-order valence-electron chi connectivity index (χ0n) is 14.5. The Morgan fingerprint density at radius 3 is 2.25 bits per heavy atom. The first-order valence-corrected chi connectivity index (χ1v) is 9.64. The molecule has 2 aliphatic rings. The van der Waals surface area contributed by atoms with Crippen molar-refractivity contribution in [3.63, 3.8) is 0 Å². The fraction of sp³-hybridized carbons (Fsp3) is 0.650.